The number of nitrogens with two attached hydrogens (primary N) is 1. The maximum Gasteiger partial charge on any atom is 0.416 e. The first-order valence-electron chi connectivity index (χ1n) is 6.98. The van der Waals surface area contributed by atoms with Gasteiger partial charge in [0.1, 0.15) is 12.4 Å². The van der Waals surface area contributed by atoms with Gasteiger partial charge >= 0.3 is 6.18 Å². The summed E-state index contributed by atoms with van der Waals surface area (Å²) < 4.78 is 43.4. The summed E-state index contributed by atoms with van der Waals surface area (Å²) in [6.07, 6.45) is -3.56. The van der Waals surface area contributed by atoms with E-state index in [4.69, 9.17) is 10.5 Å². The lowest BCUT2D eigenvalue weighted by molar-refractivity contribution is -0.137. The van der Waals surface area contributed by atoms with Crippen LogP contribution in [0, 0.1) is 0 Å². The van der Waals surface area contributed by atoms with E-state index in [1.54, 1.807) is 18.2 Å². The SMILES string of the molecule is CC(N)Cc1ccc(OCc2cccc(C(F)(F)F)c2)cc1. The minimum absolute atomic E-state index is 0.0804. The minimum Gasteiger partial charge on any atom is -0.489 e. The molecule has 2 rings (SSSR count). The van der Waals surface area contributed by atoms with E-state index < -0.39 is 11.7 Å². The van der Waals surface area contributed by atoms with Gasteiger partial charge in [0.25, 0.3) is 0 Å². The van der Waals surface area contributed by atoms with Crippen LogP contribution in [0.1, 0.15) is 23.6 Å². The molecule has 2 nitrogen and oxygen atoms in total. The van der Waals surface area contributed by atoms with Crippen molar-refractivity contribution in [2.75, 3.05) is 0 Å². The van der Waals surface area contributed by atoms with Crippen molar-refractivity contribution in [2.24, 2.45) is 5.73 Å². The topological polar surface area (TPSA) is 35.2 Å². The highest BCUT2D eigenvalue weighted by molar-refractivity contribution is 5.29. The molecule has 0 aliphatic heterocycles. The molecule has 5 heteroatoms. The van der Waals surface area contributed by atoms with Crippen molar-refractivity contribution in [1.29, 1.82) is 0 Å². The number of ether oxygens (including phenoxy) is 1. The van der Waals surface area contributed by atoms with Crippen molar-refractivity contribution >= 4 is 0 Å². The highest BCUT2D eigenvalue weighted by atomic mass is 19.4. The molecule has 0 fully saturated rings. The van der Waals surface area contributed by atoms with Crippen LogP contribution in [0.3, 0.4) is 0 Å². The summed E-state index contributed by atoms with van der Waals surface area (Å²) in [4.78, 5) is 0. The van der Waals surface area contributed by atoms with Crippen molar-refractivity contribution in [3.63, 3.8) is 0 Å². The molecule has 0 saturated carbocycles. The summed E-state index contributed by atoms with van der Waals surface area (Å²) in [5, 5.41) is 0. The molecule has 22 heavy (non-hydrogen) atoms. The summed E-state index contributed by atoms with van der Waals surface area (Å²) in [5.74, 6) is 0.617. The Morgan fingerprint density at radius 1 is 1.05 bits per heavy atom. The van der Waals surface area contributed by atoms with Gasteiger partial charge in [-0.15, -0.1) is 0 Å². The zero-order valence-corrected chi connectivity index (χ0v) is 12.2. The van der Waals surface area contributed by atoms with E-state index in [0.717, 1.165) is 24.1 Å². The smallest absolute Gasteiger partial charge is 0.416 e. The molecule has 2 aromatic rings. The standard InChI is InChI=1S/C17H18F3NO/c1-12(21)9-13-5-7-16(8-6-13)22-11-14-3-2-4-15(10-14)17(18,19)20/h2-8,10,12H,9,11,21H2,1H3. The first-order chi connectivity index (χ1) is 10.3. The molecule has 0 bridgehead atoms. The van der Waals surface area contributed by atoms with E-state index in [1.807, 2.05) is 19.1 Å². The average molecular weight is 309 g/mol. The maximum atomic E-state index is 12.6. The van der Waals surface area contributed by atoms with Gasteiger partial charge in [-0.05, 0) is 48.7 Å². The van der Waals surface area contributed by atoms with Crippen LogP contribution in [0.2, 0.25) is 0 Å². The third kappa shape index (κ3) is 4.77. The maximum absolute atomic E-state index is 12.6. The van der Waals surface area contributed by atoms with Crippen molar-refractivity contribution in [1.82, 2.24) is 0 Å². The predicted octanol–water partition coefficient (Wildman–Crippen LogP) is 4.17. The zero-order chi connectivity index (χ0) is 16.2. The fourth-order valence-corrected chi connectivity index (χ4v) is 2.10. The summed E-state index contributed by atoms with van der Waals surface area (Å²) in [6, 6.07) is 12.6. The summed E-state index contributed by atoms with van der Waals surface area (Å²) >= 11 is 0. The number of alkyl halides is 3. The van der Waals surface area contributed by atoms with Gasteiger partial charge in [0.2, 0.25) is 0 Å². The van der Waals surface area contributed by atoms with Crippen molar-refractivity contribution in [2.45, 2.75) is 32.2 Å². The normalized spacial score (nSPS) is 13.0. The first-order valence-corrected chi connectivity index (χ1v) is 6.98. The van der Waals surface area contributed by atoms with Gasteiger partial charge in [0, 0.05) is 6.04 Å². The molecule has 0 radical (unpaired) electrons. The van der Waals surface area contributed by atoms with E-state index >= 15 is 0 Å². The Balaban J connectivity index is 1.98. The number of benzene rings is 2. The monoisotopic (exact) mass is 309 g/mol. The highest BCUT2D eigenvalue weighted by Gasteiger charge is 2.30. The number of hydrogen-bond donors (Lipinski definition) is 1. The largest absolute Gasteiger partial charge is 0.489 e. The Morgan fingerprint density at radius 3 is 2.32 bits per heavy atom. The second-order valence-electron chi connectivity index (χ2n) is 5.31. The second-order valence-corrected chi connectivity index (χ2v) is 5.31. The first kappa shape index (κ1) is 16.4. The Kier molecular flexibility index (Phi) is 5.08. The fraction of sp³-hybridized carbons (Fsp3) is 0.294. The molecule has 0 aromatic heterocycles. The zero-order valence-electron chi connectivity index (χ0n) is 12.2. The van der Waals surface area contributed by atoms with Gasteiger partial charge in [-0.3, -0.25) is 0 Å². The number of rotatable bonds is 5. The predicted molar refractivity (Wildman–Crippen MR) is 79.6 cm³/mol. The molecule has 118 valence electrons. The van der Waals surface area contributed by atoms with E-state index in [1.165, 1.54) is 6.07 Å². The quantitative estimate of drug-likeness (QED) is 0.899. The Hall–Kier alpha value is -2.01. The van der Waals surface area contributed by atoms with Crippen LogP contribution >= 0.6 is 0 Å². The van der Waals surface area contributed by atoms with Crippen LogP contribution in [0.15, 0.2) is 48.5 Å². The molecule has 0 spiro atoms. The molecular weight excluding hydrogens is 291 g/mol. The lowest BCUT2D eigenvalue weighted by Crippen LogP contribution is -2.17. The molecule has 2 aromatic carbocycles. The Bertz CT molecular complexity index is 606. The van der Waals surface area contributed by atoms with E-state index in [0.29, 0.717) is 11.3 Å². The molecule has 0 heterocycles. The fourth-order valence-electron chi connectivity index (χ4n) is 2.10. The van der Waals surface area contributed by atoms with Gasteiger partial charge in [-0.1, -0.05) is 24.3 Å². The van der Waals surface area contributed by atoms with Gasteiger partial charge in [-0.2, -0.15) is 13.2 Å². The molecule has 0 saturated heterocycles. The number of halogens is 3. The molecule has 2 N–H and O–H groups in total. The Morgan fingerprint density at radius 2 is 1.73 bits per heavy atom. The third-order valence-corrected chi connectivity index (χ3v) is 3.14. The van der Waals surface area contributed by atoms with Gasteiger partial charge in [-0.25, -0.2) is 0 Å². The van der Waals surface area contributed by atoms with Gasteiger partial charge in [0.15, 0.2) is 0 Å². The molecular formula is C17H18F3NO. The van der Waals surface area contributed by atoms with Gasteiger partial charge in [0.05, 0.1) is 5.56 Å². The highest BCUT2D eigenvalue weighted by Crippen LogP contribution is 2.29. The van der Waals surface area contributed by atoms with Crippen LogP contribution in [0.25, 0.3) is 0 Å². The van der Waals surface area contributed by atoms with Crippen LogP contribution in [0.4, 0.5) is 13.2 Å². The van der Waals surface area contributed by atoms with Crippen LogP contribution in [-0.2, 0) is 19.2 Å². The third-order valence-electron chi connectivity index (χ3n) is 3.14. The average Bonchev–Trinajstić information content (AvgIpc) is 2.45. The lowest BCUT2D eigenvalue weighted by Gasteiger charge is -2.11. The number of hydrogen-bond acceptors (Lipinski definition) is 2. The van der Waals surface area contributed by atoms with Crippen molar-refractivity contribution in [3.05, 3.63) is 65.2 Å². The summed E-state index contributed by atoms with van der Waals surface area (Å²) in [5.41, 5.74) is 6.64. The Labute approximate surface area is 127 Å². The van der Waals surface area contributed by atoms with Gasteiger partial charge < -0.3 is 10.5 Å². The second kappa shape index (κ2) is 6.83. The summed E-state index contributed by atoms with van der Waals surface area (Å²) in [7, 11) is 0. The van der Waals surface area contributed by atoms with E-state index in [-0.39, 0.29) is 12.6 Å². The molecule has 1 unspecified atom stereocenters. The molecule has 0 aliphatic rings. The van der Waals surface area contributed by atoms with E-state index in [9.17, 15) is 13.2 Å². The molecule has 1 atom stereocenters. The molecule has 0 amide bonds. The van der Waals surface area contributed by atoms with Crippen LogP contribution < -0.4 is 10.5 Å². The minimum atomic E-state index is -4.34. The van der Waals surface area contributed by atoms with Crippen LogP contribution in [-0.4, -0.2) is 6.04 Å². The lowest BCUT2D eigenvalue weighted by atomic mass is 10.1. The van der Waals surface area contributed by atoms with Crippen molar-refractivity contribution < 1.29 is 17.9 Å². The van der Waals surface area contributed by atoms with E-state index in [2.05, 4.69) is 0 Å². The summed E-state index contributed by atoms with van der Waals surface area (Å²) in [6.45, 7) is 2.02. The van der Waals surface area contributed by atoms with Crippen LogP contribution in [0.5, 0.6) is 5.75 Å². The van der Waals surface area contributed by atoms with Crippen molar-refractivity contribution in [3.8, 4) is 5.75 Å². The molecule has 0 aliphatic carbocycles.